The van der Waals surface area contributed by atoms with Crippen molar-refractivity contribution in [3.05, 3.63) is 63.4 Å². The monoisotopic (exact) mass is 445 g/mol. The molecule has 0 radical (unpaired) electrons. The van der Waals surface area contributed by atoms with Crippen LogP contribution in [0.15, 0.2) is 50.9 Å². The van der Waals surface area contributed by atoms with Gasteiger partial charge in [0.15, 0.2) is 5.78 Å². The number of carbonyl (C=O) groups is 2. The molecule has 0 aromatic carbocycles. The topological polar surface area (TPSA) is 108 Å². The Morgan fingerprint density at radius 1 is 1.12 bits per heavy atom. The molecule has 0 aliphatic heterocycles. The summed E-state index contributed by atoms with van der Waals surface area (Å²) in [6, 6.07) is 1.30. The quantitative estimate of drug-likeness (QED) is 0.171. The number of allylic oxidation sites excluding steroid dienone is 5. The molecule has 0 atom stereocenters. The Labute approximate surface area is 189 Å². The smallest absolute Gasteiger partial charge is 0.411 e. The molecule has 2 N–H and O–H groups in total. The van der Waals surface area contributed by atoms with Gasteiger partial charge in [0.25, 0.3) is 0 Å². The SMILES string of the molecule is CCCCCC/C(C)=C/C=C(\C)C(=O)c1c(O)cc(CCC/C=C/N(C)C(=O)O)oc1=O. The molecule has 1 aromatic rings. The summed E-state index contributed by atoms with van der Waals surface area (Å²) in [6.07, 6.45) is 12.8. The minimum Gasteiger partial charge on any atom is -0.507 e. The van der Waals surface area contributed by atoms with E-state index in [-0.39, 0.29) is 11.3 Å². The molecule has 0 unspecified atom stereocenters. The zero-order valence-electron chi connectivity index (χ0n) is 19.5. The molecule has 1 rings (SSSR count). The summed E-state index contributed by atoms with van der Waals surface area (Å²) in [5.74, 6) is -0.679. The number of unbranched alkanes of at least 4 members (excludes halogenated alkanes) is 4. The van der Waals surface area contributed by atoms with Crippen molar-refractivity contribution in [1.29, 1.82) is 0 Å². The van der Waals surface area contributed by atoms with E-state index < -0.39 is 23.3 Å². The molecule has 7 nitrogen and oxygen atoms in total. The molecule has 0 aliphatic carbocycles. The van der Waals surface area contributed by atoms with Gasteiger partial charge in [-0.3, -0.25) is 9.69 Å². The van der Waals surface area contributed by atoms with Crippen molar-refractivity contribution >= 4 is 11.9 Å². The average molecular weight is 446 g/mol. The fourth-order valence-corrected chi connectivity index (χ4v) is 3.01. The van der Waals surface area contributed by atoms with Gasteiger partial charge in [0.2, 0.25) is 0 Å². The summed E-state index contributed by atoms with van der Waals surface area (Å²) < 4.78 is 5.22. The van der Waals surface area contributed by atoms with Gasteiger partial charge in [-0.25, -0.2) is 9.59 Å². The summed E-state index contributed by atoms with van der Waals surface area (Å²) in [6.45, 7) is 5.78. The second-order valence-electron chi connectivity index (χ2n) is 7.93. The Bertz CT molecular complexity index is 923. The molecule has 0 aliphatic rings. The van der Waals surface area contributed by atoms with Crippen LogP contribution in [0.2, 0.25) is 0 Å². The normalized spacial score (nSPS) is 12.4. The highest BCUT2D eigenvalue weighted by Crippen LogP contribution is 2.20. The number of aryl methyl sites for hydroxylation is 1. The number of amides is 1. The van der Waals surface area contributed by atoms with Gasteiger partial charge in [0.1, 0.15) is 17.1 Å². The summed E-state index contributed by atoms with van der Waals surface area (Å²) >= 11 is 0. The lowest BCUT2D eigenvalue weighted by Gasteiger charge is -2.06. The van der Waals surface area contributed by atoms with E-state index >= 15 is 0 Å². The number of carboxylic acid groups (broad SMARTS) is 1. The predicted octanol–water partition coefficient (Wildman–Crippen LogP) is 5.84. The second kappa shape index (κ2) is 14.1. The first-order valence-corrected chi connectivity index (χ1v) is 11.0. The molecule has 32 heavy (non-hydrogen) atoms. The van der Waals surface area contributed by atoms with E-state index in [1.165, 1.54) is 38.6 Å². The van der Waals surface area contributed by atoms with Gasteiger partial charge in [-0.05, 0) is 45.1 Å². The number of ketones is 1. The van der Waals surface area contributed by atoms with Crippen molar-refractivity contribution in [2.45, 2.75) is 72.1 Å². The van der Waals surface area contributed by atoms with Gasteiger partial charge in [-0.2, -0.15) is 0 Å². The number of Topliss-reactive ketones (excluding diaryl/α,β-unsaturated/α-hetero) is 1. The maximum absolute atomic E-state index is 12.6. The van der Waals surface area contributed by atoms with E-state index in [1.54, 1.807) is 19.1 Å². The van der Waals surface area contributed by atoms with Crippen LogP contribution in [0.5, 0.6) is 5.75 Å². The highest BCUT2D eigenvalue weighted by Gasteiger charge is 2.20. The Balaban J connectivity index is 2.76. The van der Waals surface area contributed by atoms with E-state index in [1.807, 2.05) is 13.0 Å². The predicted molar refractivity (Wildman–Crippen MR) is 125 cm³/mol. The molecule has 0 bridgehead atoms. The van der Waals surface area contributed by atoms with E-state index in [0.29, 0.717) is 24.8 Å². The summed E-state index contributed by atoms with van der Waals surface area (Å²) in [5, 5.41) is 19.0. The van der Waals surface area contributed by atoms with Crippen molar-refractivity contribution in [3.63, 3.8) is 0 Å². The number of hydrogen-bond acceptors (Lipinski definition) is 5. The molecule has 1 amide bonds. The Morgan fingerprint density at radius 3 is 2.47 bits per heavy atom. The van der Waals surface area contributed by atoms with E-state index in [4.69, 9.17) is 9.52 Å². The second-order valence-corrected chi connectivity index (χ2v) is 7.93. The fourth-order valence-electron chi connectivity index (χ4n) is 3.01. The molecule has 0 saturated heterocycles. The molecule has 0 fully saturated rings. The number of aromatic hydroxyl groups is 1. The summed E-state index contributed by atoms with van der Waals surface area (Å²) in [4.78, 5) is 36.7. The molecule has 176 valence electrons. The van der Waals surface area contributed by atoms with Crippen molar-refractivity contribution in [1.82, 2.24) is 4.90 Å². The van der Waals surface area contributed by atoms with Crippen LogP contribution < -0.4 is 5.63 Å². The lowest BCUT2D eigenvalue weighted by molar-refractivity contribution is 0.102. The first kappa shape index (κ1) is 26.9. The number of rotatable bonds is 13. The van der Waals surface area contributed by atoms with Crippen LogP contribution in [0, 0.1) is 0 Å². The molecular formula is C25H35NO6. The standard InChI is InChI=1S/C25H35NO6/c1-5-6-7-9-12-18(2)14-15-19(3)23(28)22-21(27)17-20(32-24(22)29)13-10-8-11-16-26(4)25(30)31/h11,14-17,27H,5-10,12-13H2,1-4H3,(H,30,31)/b16-11+,18-14+,19-15+. The first-order chi connectivity index (χ1) is 15.2. The number of carbonyl (C=O) groups excluding carboxylic acids is 1. The Hall–Kier alpha value is -3.09. The van der Waals surface area contributed by atoms with Crippen molar-refractivity contribution in [2.24, 2.45) is 0 Å². The third kappa shape index (κ3) is 9.37. The van der Waals surface area contributed by atoms with Gasteiger partial charge in [0, 0.05) is 25.7 Å². The van der Waals surface area contributed by atoms with Crippen LogP contribution in [-0.2, 0) is 6.42 Å². The molecule has 0 spiro atoms. The number of hydrogen-bond donors (Lipinski definition) is 2. The maximum atomic E-state index is 12.6. The summed E-state index contributed by atoms with van der Waals surface area (Å²) in [7, 11) is 1.42. The van der Waals surface area contributed by atoms with E-state index in [2.05, 4.69) is 6.92 Å². The minimum atomic E-state index is -1.06. The van der Waals surface area contributed by atoms with Crippen LogP contribution in [0.1, 0.15) is 81.8 Å². The highest BCUT2D eigenvalue weighted by molar-refractivity contribution is 6.09. The fraction of sp³-hybridized carbons (Fsp3) is 0.480. The van der Waals surface area contributed by atoms with Gasteiger partial charge < -0.3 is 14.6 Å². The van der Waals surface area contributed by atoms with Gasteiger partial charge in [-0.15, -0.1) is 0 Å². The van der Waals surface area contributed by atoms with Gasteiger partial charge in [0.05, 0.1) is 0 Å². The van der Waals surface area contributed by atoms with Crippen molar-refractivity contribution in [2.75, 3.05) is 7.05 Å². The lowest BCUT2D eigenvalue weighted by atomic mass is 10.0. The van der Waals surface area contributed by atoms with Crippen LogP contribution in [0.4, 0.5) is 4.79 Å². The molecule has 7 heteroatoms. The van der Waals surface area contributed by atoms with Crippen LogP contribution in [0.3, 0.4) is 0 Å². The average Bonchev–Trinajstić information content (AvgIpc) is 2.73. The van der Waals surface area contributed by atoms with E-state index in [9.17, 15) is 19.5 Å². The van der Waals surface area contributed by atoms with Gasteiger partial charge in [-0.1, -0.05) is 50.0 Å². The zero-order chi connectivity index (χ0) is 24.1. The summed E-state index contributed by atoms with van der Waals surface area (Å²) in [5.41, 5.74) is 0.281. The minimum absolute atomic E-state index is 0.272. The van der Waals surface area contributed by atoms with Crippen LogP contribution >= 0.6 is 0 Å². The third-order valence-electron chi connectivity index (χ3n) is 5.03. The van der Waals surface area contributed by atoms with Crippen LogP contribution in [-0.4, -0.2) is 34.0 Å². The molecule has 1 heterocycles. The maximum Gasteiger partial charge on any atom is 0.411 e. The van der Waals surface area contributed by atoms with E-state index in [0.717, 1.165) is 23.3 Å². The molecular weight excluding hydrogens is 410 g/mol. The Kier molecular flexibility index (Phi) is 11.8. The van der Waals surface area contributed by atoms with Gasteiger partial charge >= 0.3 is 11.7 Å². The van der Waals surface area contributed by atoms with Crippen molar-refractivity contribution < 1.29 is 24.2 Å². The first-order valence-electron chi connectivity index (χ1n) is 11.0. The largest absolute Gasteiger partial charge is 0.507 e. The zero-order valence-corrected chi connectivity index (χ0v) is 19.5. The highest BCUT2D eigenvalue weighted by atomic mass is 16.4. The third-order valence-corrected chi connectivity index (χ3v) is 5.03. The van der Waals surface area contributed by atoms with Crippen molar-refractivity contribution in [3.8, 4) is 5.75 Å². The lowest BCUT2D eigenvalue weighted by Crippen LogP contribution is -2.17. The number of nitrogens with zero attached hydrogens (tertiary/aromatic N) is 1. The molecule has 1 aromatic heterocycles. The Morgan fingerprint density at radius 2 is 1.84 bits per heavy atom. The molecule has 0 saturated carbocycles. The van der Waals surface area contributed by atoms with Crippen LogP contribution in [0.25, 0.3) is 0 Å².